The third kappa shape index (κ3) is 2.60. The van der Waals surface area contributed by atoms with Crippen molar-refractivity contribution in [2.75, 3.05) is 5.73 Å². The van der Waals surface area contributed by atoms with E-state index in [2.05, 4.69) is 45.7 Å². The zero-order valence-corrected chi connectivity index (χ0v) is 16.9. The van der Waals surface area contributed by atoms with E-state index in [-0.39, 0.29) is 0 Å². The van der Waals surface area contributed by atoms with E-state index >= 15 is 0 Å². The molecule has 0 fully saturated rings. The molecule has 4 aromatic carbocycles. The van der Waals surface area contributed by atoms with Gasteiger partial charge in [0.2, 0.25) is 0 Å². The third-order valence-corrected chi connectivity index (χ3v) is 5.77. The first-order chi connectivity index (χ1) is 15.2. The number of anilines is 1. The van der Waals surface area contributed by atoms with Gasteiger partial charge in [0.15, 0.2) is 0 Å². The normalized spacial score (nSPS) is 11.6. The fourth-order valence-corrected chi connectivity index (χ4v) is 4.12. The minimum absolute atomic E-state index is 0.661. The van der Waals surface area contributed by atoms with Crippen molar-refractivity contribution in [3.63, 3.8) is 0 Å². The number of benzene rings is 4. The Hall–Kier alpha value is -4.26. The molecule has 0 aliphatic carbocycles. The Kier molecular flexibility index (Phi) is 3.76. The third-order valence-electron chi connectivity index (χ3n) is 5.77. The molecule has 0 aliphatic heterocycles. The van der Waals surface area contributed by atoms with Gasteiger partial charge in [0.1, 0.15) is 11.0 Å². The largest absolute Gasteiger partial charge is 0.396 e. The van der Waals surface area contributed by atoms with Crippen LogP contribution in [0.5, 0.6) is 0 Å². The molecule has 7 heteroatoms. The van der Waals surface area contributed by atoms with Crippen molar-refractivity contribution in [2.24, 2.45) is 0 Å². The van der Waals surface area contributed by atoms with Crippen LogP contribution in [-0.2, 0) is 6.42 Å². The Morgan fingerprint density at radius 2 is 1.32 bits per heavy atom. The standard InChI is InChI=1S/C24H19N7/c1-2-15-11-12-16-17(13-15)24(25)23(31-21-10-6-4-8-19(21)27-29-31)14-22(16)30-20-9-5-3-7-18(20)26-28-30/h3-14H,2,25H2,1H3. The number of nitrogen functional groups attached to an aromatic ring is 1. The summed E-state index contributed by atoms with van der Waals surface area (Å²) in [6.07, 6.45) is 0.924. The summed E-state index contributed by atoms with van der Waals surface area (Å²) >= 11 is 0. The molecule has 0 unspecified atom stereocenters. The Labute approximate surface area is 177 Å². The smallest absolute Gasteiger partial charge is 0.113 e. The van der Waals surface area contributed by atoms with Crippen molar-refractivity contribution in [2.45, 2.75) is 13.3 Å². The highest BCUT2D eigenvalue weighted by molar-refractivity contribution is 6.03. The number of aryl methyl sites for hydroxylation is 1. The number of hydrogen-bond acceptors (Lipinski definition) is 5. The summed E-state index contributed by atoms with van der Waals surface area (Å²) in [5.74, 6) is 0. The maximum atomic E-state index is 6.73. The molecule has 7 nitrogen and oxygen atoms in total. The summed E-state index contributed by atoms with van der Waals surface area (Å²) in [5, 5.41) is 19.5. The molecular formula is C24H19N7. The van der Waals surface area contributed by atoms with E-state index in [9.17, 15) is 0 Å². The molecule has 0 bridgehead atoms. The lowest BCUT2D eigenvalue weighted by molar-refractivity contribution is 0.812. The second-order valence-corrected chi connectivity index (χ2v) is 7.54. The number of hydrogen-bond donors (Lipinski definition) is 1. The monoisotopic (exact) mass is 405 g/mol. The maximum absolute atomic E-state index is 6.73. The summed E-state index contributed by atoms with van der Waals surface area (Å²) in [6, 6.07) is 24.2. The lowest BCUT2D eigenvalue weighted by Crippen LogP contribution is -2.07. The van der Waals surface area contributed by atoms with E-state index in [0.717, 1.165) is 50.6 Å². The van der Waals surface area contributed by atoms with Crippen molar-refractivity contribution in [3.8, 4) is 11.4 Å². The van der Waals surface area contributed by atoms with Gasteiger partial charge in [-0.3, -0.25) is 0 Å². The number of nitrogens with zero attached hydrogens (tertiary/aromatic N) is 6. The predicted octanol–water partition coefficient (Wildman–Crippen LogP) is 4.45. The molecule has 6 aromatic rings. The molecule has 6 rings (SSSR count). The number of fused-ring (bicyclic) bond motifs is 3. The highest BCUT2D eigenvalue weighted by Gasteiger charge is 2.18. The first-order valence-corrected chi connectivity index (χ1v) is 10.2. The highest BCUT2D eigenvalue weighted by Crippen LogP contribution is 2.35. The fourth-order valence-electron chi connectivity index (χ4n) is 4.12. The van der Waals surface area contributed by atoms with Crippen molar-refractivity contribution in [1.82, 2.24) is 30.0 Å². The van der Waals surface area contributed by atoms with Gasteiger partial charge in [-0.05, 0) is 48.4 Å². The Morgan fingerprint density at radius 1 is 0.710 bits per heavy atom. The van der Waals surface area contributed by atoms with Gasteiger partial charge in [-0.1, -0.05) is 53.7 Å². The van der Waals surface area contributed by atoms with Crippen LogP contribution < -0.4 is 5.73 Å². The summed E-state index contributed by atoms with van der Waals surface area (Å²) in [4.78, 5) is 0. The quantitative estimate of drug-likeness (QED) is 0.440. The Bertz CT molecular complexity index is 1590. The molecule has 2 heterocycles. The van der Waals surface area contributed by atoms with Crippen LogP contribution >= 0.6 is 0 Å². The maximum Gasteiger partial charge on any atom is 0.113 e. The van der Waals surface area contributed by atoms with Gasteiger partial charge in [0, 0.05) is 10.8 Å². The summed E-state index contributed by atoms with van der Waals surface area (Å²) in [6.45, 7) is 2.14. The van der Waals surface area contributed by atoms with Crippen LogP contribution in [0.1, 0.15) is 12.5 Å². The van der Waals surface area contributed by atoms with Gasteiger partial charge in [-0.2, -0.15) is 0 Å². The van der Waals surface area contributed by atoms with Crippen LogP contribution in [0.15, 0.2) is 72.8 Å². The molecule has 0 amide bonds. The van der Waals surface area contributed by atoms with Gasteiger partial charge in [-0.15, -0.1) is 10.2 Å². The van der Waals surface area contributed by atoms with Crippen molar-refractivity contribution < 1.29 is 0 Å². The van der Waals surface area contributed by atoms with Gasteiger partial charge in [0.25, 0.3) is 0 Å². The second kappa shape index (κ2) is 6.63. The minimum atomic E-state index is 0.661. The van der Waals surface area contributed by atoms with Crippen LogP contribution in [0.2, 0.25) is 0 Å². The Morgan fingerprint density at radius 3 is 1.97 bits per heavy atom. The molecule has 0 saturated carbocycles. The van der Waals surface area contributed by atoms with Gasteiger partial charge < -0.3 is 5.73 Å². The predicted molar refractivity (Wildman–Crippen MR) is 123 cm³/mol. The molecule has 0 aliphatic rings. The van der Waals surface area contributed by atoms with Gasteiger partial charge >= 0.3 is 0 Å². The van der Waals surface area contributed by atoms with Gasteiger partial charge in [-0.25, -0.2) is 9.36 Å². The van der Waals surface area contributed by atoms with E-state index in [1.54, 1.807) is 4.68 Å². The fraction of sp³-hybridized carbons (Fsp3) is 0.0833. The van der Waals surface area contributed by atoms with Crippen molar-refractivity contribution >= 4 is 38.5 Å². The molecule has 0 atom stereocenters. The minimum Gasteiger partial charge on any atom is -0.396 e. The molecule has 0 spiro atoms. The zero-order chi connectivity index (χ0) is 20.9. The first kappa shape index (κ1) is 17.6. The number of aromatic nitrogens is 6. The van der Waals surface area contributed by atoms with E-state index in [4.69, 9.17) is 5.73 Å². The molecule has 0 radical (unpaired) electrons. The topological polar surface area (TPSA) is 87.4 Å². The van der Waals surface area contributed by atoms with Crippen LogP contribution in [-0.4, -0.2) is 30.0 Å². The molecule has 2 N–H and O–H groups in total. The molecule has 0 saturated heterocycles. The van der Waals surface area contributed by atoms with Crippen LogP contribution in [0, 0.1) is 0 Å². The highest BCUT2D eigenvalue weighted by atomic mass is 15.4. The summed E-state index contributed by atoms with van der Waals surface area (Å²) in [5.41, 5.74) is 13.8. The summed E-state index contributed by atoms with van der Waals surface area (Å²) in [7, 11) is 0. The number of para-hydroxylation sites is 2. The van der Waals surface area contributed by atoms with Crippen molar-refractivity contribution in [1.29, 1.82) is 0 Å². The lowest BCUT2D eigenvalue weighted by Gasteiger charge is -2.15. The van der Waals surface area contributed by atoms with E-state index < -0.39 is 0 Å². The number of nitrogens with two attached hydrogens (primary N) is 1. The van der Waals surface area contributed by atoms with Crippen LogP contribution in [0.25, 0.3) is 44.2 Å². The average molecular weight is 405 g/mol. The lowest BCUT2D eigenvalue weighted by atomic mass is 10.0. The zero-order valence-electron chi connectivity index (χ0n) is 16.9. The molecular weight excluding hydrogens is 386 g/mol. The second-order valence-electron chi connectivity index (χ2n) is 7.54. The van der Waals surface area contributed by atoms with E-state index in [0.29, 0.717) is 5.69 Å². The Balaban J connectivity index is 1.73. The molecule has 150 valence electrons. The summed E-state index contributed by atoms with van der Waals surface area (Å²) < 4.78 is 3.66. The average Bonchev–Trinajstić information content (AvgIpc) is 3.44. The molecule has 2 aromatic heterocycles. The van der Waals surface area contributed by atoms with E-state index in [1.165, 1.54) is 5.56 Å². The first-order valence-electron chi connectivity index (χ1n) is 10.2. The van der Waals surface area contributed by atoms with Crippen LogP contribution in [0.3, 0.4) is 0 Å². The van der Waals surface area contributed by atoms with Crippen LogP contribution in [0.4, 0.5) is 5.69 Å². The van der Waals surface area contributed by atoms with Gasteiger partial charge in [0.05, 0.1) is 28.1 Å². The number of rotatable bonds is 3. The van der Waals surface area contributed by atoms with E-state index in [1.807, 2.05) is 59.3 Å². The van der Waals surface area contributed by atoms with Crippen molar-refractivity contribution in [3.05, 3.63) is 78.4 Å². The SMILES string of the molecule is CCc1ccc2c(-n3nnc4ccccc43)cc(-n3nnc4ccccc43)c(N)c2c1. The molecule has 31 heavy (non-hydrogen) atoms.